The van der Waals surface area contributed by atoms with Crippen molar-refractivity contribution < 1.29 is 19.1 Å². The number of methoxy groups -OCH3 is 1. The lowest BCUT2D eigenvalue weighted by molar-refractivity contribution is -0.137. The van der Waals surface area contributed by atoms with E-state index in [1.807, 2.05) is 42.5 Å². The van der Waals surface area contributed by atoms with E-state index in [1.165, 1.54) is 0 Å². The molecule has 2 aromatic carbocycles. The number of hydrogen-bond acceptors (Lipinski definition) is 6. The quantitative estimate of drug-likeness (QED) is 0.362. The van der Waals surface area contributed by atoms with Gasteiger partial charge in [-0.15, -0.1) is 0 Å². The molecule has 0 spiro atoms. The Balaban J connectivity index is 1.60. The van der Waals surface area contributed by atoms with Crippen molar-refractivity contribution in [3.63, 3.8) is 0 Å². The molecular formula is C26H23N5O4. The maximum atomic E-state index is 13.2. The van der Waals surface area contributed by atoms with Gasteiger partial charge < -0.3 is 15.8 Å². The molecule has 1 unspecified atom stereocenters. The van der Waals surface area contributed by atoms with Crippen LogP contribution in [0.2, 0.25) is 0 Å². The van der Waals surface area contributed by atoms with E-state index in [4.69, 9.17) is 10.5 Å². The molecule has 1 atom stereocenters. The van der Waals surface area contributed by atoms with E-state index in [1.54, 1.807) is 54.7 Å². The Morgan fingerprint density at radius 3 is 2.43 bits per heavy atom. The maximum Gasteiger partial charge on any atom is 0.287 e. The van der Waals surface area contributed by atoms with Gasteiger partial charge in [-0.3, -0.25) is 19.0 Å². The van der Waals surface area contributed by atoms with Gasteiger partial charge in [-0.1, -0.05) is 30.3 Å². The number of carbonyl (C=O) groups is 3. The Morgan fingerprint density at radius 2 is 1.74 bits per heavy atom. The fraction of sp³-hybridized carbons (Fsp3) is 0.115. The molecule has 0 aliphatic heterocycles. The summed E-state index contributed by atoms with van der Waals surface area (Å²) in [4.78, 5) is 46.0. The zero-order chi connectivity index (χ0) is 24.8. The Bertz CT molecular complexity index is 1350. The van der Waals surface area contributed by atoms with Crippen molar-refractivity contribution in [1.82, 2.24) is 19.9 Å². The van der Waals surface area contributed by atoms with Crippen molar-refractivity contribution in [3.05, 3.63) is 96.6 Å². The number of hydrogen-bond donors (Lipinski definition) is 2. The zero-order valence-electron chi connectivity index (χ0n) is 18.9. The normalized spacial score (nSPS) is 11.5. The van der Waals surface area contributed by atoms with E-state index < -0.39 is 23.6 Å². The zero-order valence-corrected chi connectivity index (χ0v) is 18.9. The molecule has 0 saturated heterocycles. The molecule has 0 fully saturated rings. The average molecular weight is 470 g/mol. The summed E-state index contributed by atoms with van der Waals surface area (Å²) < 4.78 is 6.81. The maximum absolute atomic E-state index is 13.2. The first-order chi connectivity index (χ1) is 17.0. The summed E-state index contributed by atoms with van der Waals surface area (Å²) in [5.74, 6) is -1.51. The third kappa shape index (κ3) is 5.41. The molecule has 2 heterocycles. The molecule has 9 nitrogen and oxygen atoms in total. The molecule has 2 amide bonds. The number of primary amides is 1. The van der Waals surface area contributed by atoms with Gasteiger partial charge in [-0.2, -0.15) is 0 Å². The summed E-state index contributed by atoms with van der Waals surface area (Å²) in [7, 11) is 1.60. The van der Waals surface area contributed by atoms with Crippen molar-refractivity contribution in [1.29, 1.82) is 0 Å². The highest BCUT2D eigenvalue weighted by molar-refractivity contribution is 6.38. The molecule has 0 bridgehead atoms. The minimum absolute atomic E-state index is 0.122. The third-order valence-corrected chi connectivity index (χ3v) is 5.39. The molecule has 0 aliphatic carbocycles. The SMILES string of the molecule is COc1ccc(-c2cn(-c3ncccc3C(=O)NC(Cc3ccccc3)C(=O)C(N)=O)cn2)cc1. The van der Waals surface area contributed by atoms with E-state index in [9.17, 15) is 14.4 Å². The Labute approximate surface area is 201 Å². The molecule has 176 valence electrons. The second-order valence-corrected chi connectivity index (χ2v) is 7.71. The summed E-state index contributed by atoms with van der Waals surface area (Å²) in [5, 5.41) is 2.65. The van der Waals surface area contributed by atoms with Crippen molar-refractivity contribution >= 4 is 17.6 Å². The summed E-state index contributed by atoms with van der Waals surface area (Å²) in [6.45, 7) is 0. The Morgan fingerprint density at radius 1 is 1.00 bits per heavy atom. The van der Waals surface area contributed by atoms with Gasteiger partial charge in [0, 0.05) is 24.4 Å². The van der Waals surface area contributed by atoms with E-state index in [-0.39, 0.29) is 12.0 Å². The topological polar surface area (TPSA) is 129 Å². The first-order valence-electron chi connectivity index (χ1n) is 10.8. The molecule has 0 aliphatic rings. The largest absolute Gasteiger partial charge is 0.497 e. The van der Waals surface area contributed by atoms with Gasteiger partial charge in [0.25, 0.3) is 11.8 Å². The van der Waals surface area contributed by atoms with Crippen molar-refractivity contribution in [2.75, 3.05) is 7.11 Å². The highest BCUT2D eigenvalue weighted by atomic mass is 16.5. The van der Waals surface area contributed by atoms with Gasteiger partial charge in [0.1, 0.15) is 18.1 Å². The first-order valence-corrected chi connectivity index (χ1v) is 10.8. The standard InChI is InChI=1S/C26H23N5O4/c1-35-19-11-9-18(10-12-19)22-15-31(16-29-22)25-20(8-5-13-28-25)26(34)30-21(23(32)24(27)33)14-17-6-3-2-4-7-17/h2-13,15-16,21H,14H2,1H3,(H2,27,33)(H,30,34). The predicted molar refractivity (Wildman–Crippen MR) is 129 cm³/mol. The van der Waals surface area contributed by atoms with Crippen LogP contribution in [0.15, 0.2) is 85.5 Å². The fourth-order valence-corrected chi connectivity index (χ4v) is 3.60. The number of imidazole rings is 1. The highest BCUT2D eigenvalue weighted by Gasteiger charge is 2.27. The van der Waals surface area contributed by atoms with Crippen LogP contribution in [0.5, 0.6) is 5.75 Å². The van der Waals surface area contributed by atoms with E-state index >= 15 is 0 Å². The molecule has 0 radical (unpaired) electrons. The molecule has 4 aromatic rings. The highest BCUT2D eigenvalue weighted by Crippen LogP contribution is 2.22. The van der Waals surface area contributed by atoms with Crippen molar-refractivity contribution in [2.45, 2.75) is 12.5 Å². The lowest BCUT2D eigenvalue weighted by atomic mass is 10.0. The number of rotatable bonds is 9. The summed E-state index contributed by atoms with van der Waals surface area (Å²) in [6, 6.07) is 18.5. The van der Waals surface area contributed by atoms with Crippen LogP contribution in [0.25, 0.3) is 17.1 Å². The van der Waals surface area contributed by atoms with Crippen LogP contribution in [0.3, 0.4) is 0 Å². The van der Waals surface area contributed by atoms with Gasteiger partial charge in [-0.25, -0.2) is 9.97 Å². The molecule has 3 N–H and O–H groups in total. The fourth-order valence-electron chi connectivity index (χ4n) is 3.60. The minimum Gasteiger partial charge on any atom is -0.497 e. The van der Waals surface area contributed by atoms with Crippen LogP contribution in [0, 0.1) is 0 Å². The second-order valence-electron chi connectivity index (χ2n) is 7.71. The van der Waals surface area contributed by atoms with Gasteiger partial charge >= 0.3 is 0 Å². The number of ether oxygens (including phenoxy) is 1. The number of Topliss-reactive ketones (excluding diaryl/α,β-unsaturated/α-hetero) is 1. The Hall–Kier alpha value is -4.79. The smallest absolute Gasteiger partial charge is 0.287 e. The number of ketones is 1. The lowest BCUT2D eigenvalue weighted by Gasteiger charge is -2.17. The van der Waals surface area contributed by atoms with Gasteiger partial charge in [-0.05, 0) is 42.0 Å². The van der Waals surface area contributed by atoms with Crippen LogP contribution >= 0.6 is 0 Å². The van der Waals surface area contributed by atoms with Crippen LogP contribution in [-0.2, 0) is 16.0 Å². The molecular weight excluding hydrogens is 446 g/mol. The summed E-state index contributed by atoms with van der Waals surface area (Å²) in [6.07, 6.45) is 4.97. The van der Waals surface area contributed by atoms with E-state index in [0.29, 0.717) is 11.5 Å². The van der Waals surface area contributed by atoms with Crippen LogP contribution < -0.4 is 15.8 Å². The molecule has 0 saturated carbocycles. The number of amides is 2. The number of benzene rings is 2. The molecule has 9 heteroatoms. The van der Waals surface area contributed by atoms with Crippen molar-refractivity contribution in [2.24, 2.45) is 5.73 Å². The van der Waals surface area contributed by atoms with Crippen molar-refractivity contribution in [3.8, 4) is 22.8 Å². The second kappa shape index (κ2) is 10.4. The molecule has 4 rings (SSSR count). The third-order valence-electron chi connectivity index (χ3n) is 5.39. The van der Waals surface area contributed by atoms with E-state index in [2.05, 4.69) is 15.3 Å². The summed E-state index contributed by atoms with van der Waals surface area (Å²) in [5.41, 5.74) is 7.75. The molecule has 35 heavy (non-hydrogen) atoms. The number of nitrogens with two attached hydrogens (primary N) is 1. The first kappa shape index (κ1) is 23.4. The number of nitrogens with zero attached hydrogens (tertiary/aromatic N) is 3. The van der Waals surface area contributed by atoms with Crippen LogP contribution in [-0.4, -0.2) is 45.3 Å². The summed E-state index contributed by atoms with van der Waals surface area (Å²) >= 11 is 0. The number of pyridine rings is 1. The van der Waals surface area contributed by atoms with Gasteiger partial charge in [0.05, 0.1) is 18.4 Å². The molecule has 2 aromatic heterocycles. The average Bonchev–Trinajstić information content (AvgIpc) is 3.38. The number of carbonyl (C=O) groups excluding carboxylic acids is 3. The monoisotopic (exact) mass is 469 g/mol. The Kier molecular flexibility index (Phi) is 6.96. The lowest BCUT2D eigenvalue weighted by Crippen LogP contribution is -2.47. The van der Waals surface area contributed by atoms with E-state index in [0.717, 1.165) is 16.9 Å². The minimum atomic E-state index is -1.12. The predicted octanol–water partition coefficient (Wildman–Crippen LogP) is 2.34. The van der Waals surface area contributed by atoms with Gasteiger partial charge in [0.15, 0.2) is 5.82 Å². The number of aromatic nitrogens is 3. The van der Waals surface area contributed by atoms with Crippen LogP contribution in [0.4, 0.5) is 0 Å². The number of nitrogens with one attached hydrogen (secondary N) is 1. The van der Waals surface area contributed by atoms with Gasteiger partial charge in [0.2, 0.25) is 5.78 Å². The van der Waals surface area contributed by atoms with Crippen LogP contribution in [0.1, 0.15) is 15.9 Å².